The summed E-state index contributed by atoms with van der Waals surface area (Å²) in [5, 5.41) is 0.362. The third-order valence-electron chi connectivity index (χ3n) is 6.24. The third-order valence-corrected chi connectivity index (χ3v) is 6.54. The molecule has 1 aromatic heterocycles. The van der Waals surface area contributed by atoms with E-state index in [1.165, 1.54) is 19.4 Å². The van der Waals surface area contributed by atoms with Crippen LogP contribution < -0.4 is 14.9 Å². The fraction of sp³-hybridized carbons (Fsp3) is 0.500. The molecule has 1 aromatic carbocycles. The molecule has 3 rings (SSSR count). The normalized spacial score (nSPS) is 14.4. The van der Waals surface area contributed by atoms with Gasteiger partial charge in [0.15, 0.2) is 5.43 Å². The Balaban J connectivity index is 1.89. The highest BCUT2D eigenvalue weighted by Gasteiger charge is 2.28. The van der Waals surface area contributed by atoms with E-state index in [1.54, 1.807) is 17.0 Å². The van der Waals surface area contributed by atoms with Gasteiger partial charge in [-0.1, -0.05) is 25.4 Å². The minimum atomic E-state index is -0.681. The molecule has 0 saturated carbocycles. The van der Waals surface area contributed by atoms with E-state index in [2.05, 4.69) is 0 Å². The SMILES string of the molecule is CCN(CC)C(=O)CCCOc1cc2c(cc1Cl)-c1cc(=O)c(C(=O)OC)cn1[C@H](C(C)C)CO2. The molecule has 1 amide bonds. The molecule has 0 fully saturated rings. The summed E-state index contributed by atoms with van der Waals surface area (Å²) in [6.45, 7) is 10.1. The lowest BCUT2D eigenvalue weighted by atomic mass is 10.0. The number of aromatic nitrogens is 1. The van der Waals surface area contributed by atoms with Gasteiger partial charge in [0.2, 0.25) is 5.91 Å². The zero-order chi connectivity index (χ0) is 25.7. The van der Waals surface area contributed by atoms with Crippen LogP contribution in [0.3, 0.4) is 0 Å². The van der Waals surface area contributed by atoms with Crippen LogP contribution in [-0.4, -0.2) is 54.8 Å². The number of benzene rings is 1. The molecule has 0 aliphatic carbocycles. The molecular formula is C26H33ClN2O6. The van der Waals surface area contributed by atoms with Gasteiger partial charge < -0.3 is 23.7 Å². The maximum absolute atomic E-state index is 12.7. The van der Waals surface area contributed by atoms with Gasteiger partial charge in [-0.05, 0) is 32.3 Å². The van der Waals surface area contributed by atoms with Crippen molar-refractivity contribution in [2.45, 2.75) is 46.6 Å². The Labute approximate surface area is 210 Å². The molecule has 190 valence electrons. The summed E-state index contributed by atoms with van der Waals surface area (Å²) in [5.41, 5.74) is 0.770. The van der Waals surface area contributed by atoms with Gasteiger partial charge in [-0.2, -0.15) is 0 Å². The number of carbonyl (C=O) groups excluding carboxylic acids is 2. The minimum absolute atomic E-state index is 0.0318. The smallest absolute Gasteiger partial charge is 0.343 e. The van der Waals surface area contributed by atoms with Gasteiger partial charge in [0.25, 0.3) is 0 Å². The molecular weight excluding hydrogens is 472 g/mol. The van der Waals surface area contributed by atoms with Crippen LogP contribution in [0.4, 0.5) is 0 Å². The number of pyridine rings is 1. The number of rotatable bonds is 9. The average molecular weight is 505 g/mol. The van der Waals surface area contributed by atoms with Crippen molar-refractivity contribution in [1.82, 2.24) is 9.47 Å². The Hall–Kier alpha value is -3.00. The van der Waals surface area contributed by atoms with Crippen molar-refractivity contribution in [3.05, 3.63) is 45.2 Å². The fourth-order valence-electron chi connectivity index (χ4n) is 4.18. The Morgan fingerprint density at radius 1 is 1.23 bits per heavy atom. The lowest BCUT2D eigenvalue weighted by Crippen LogP contribution is -2.30. The maximum Gasteiger partial charge on any atom is 0.343 e. The highest BCUT2D eigenvalue weighted by Crippen LogP contribution is 2.42. The molecule has 9 heteroatoms. The van der Waals surface area contributed by atoms with Crippen LogP contribution >= 0.6 is 11.6 Å². The predicted octanol–water partition coefficient (Wildman–Crippen LogP) is 4.57. The molecule has 0 N–H and O–H groups in total. The number of carbonyl (C=O) groups is 2. The van der Waals surface area contributed by atoms with Crippen molar-refractivity contribution in [2.24, 2.45) is 5.92 Å². The van der Waals surface area contributed by atoms with Gasteiger partial charge in [-0.25, -0.2) is 4.79 Å². The molecule has 35 heavy (non-hydrogen) atoms. The monoisotopic (exact) mass is 504 g/mol. The molecule has 0 bridgehead atoms. The zero-order valence-electron chi connectivity index (χ0n) is 20.9. The van der Waals surface area contributed by atoms with Crippen molar-refractivity contribution >= 4 is 23.5 Å². The van der Waals surface area contributed by atoms with Gasteiger partial charge in [-0.3, -0.25) is 9.59 Å². The quantitative estimate of drug-likeness (QED) is 0.367. The Morgan fingerprint density at radius 3 is 2.57 bits per heavy atom. The van der Waals surface area contributed by atoms with E-state index in [0.717, 1.165) is 0 Å². The highest BCUT2D eigenvalue weighted by atomic mass is 35.5. The minimum Gasteiger partial charge on any atom is -0.492 e. The molecule has 1 atom stereocenters. The van der Waals surface area contributed by atoms with E-state index in [1.807, 2.05) is 32.3 Å². The molecule has 0 spiro atoms. The topological polar surface area (TPSA) is 87.1 Å². The van der Waals surface area contributed by atoms with Crippen LogP contribution in [0.5, 0.6) is 11.5 Å². The molecule has 0 unspecified atom stereocenters. The molecule has 0 saturated heterocycles. The first-order chi connectivity index (χ1) is 16.7. The summed E-state index contributed by atoms with van der Waals surface area (Å²) in [6, 6.07) is 4.72. The van der Waals surface area contributed by atoms with Crippen LogP contribution in [-0.2, 0) is 9.53 Å². The van der Waals surface area contributed by atoms with E-state index in [4.69, 9.17) is 25.8 Å². The lowest BCUT2D eigenvalue weighted by Gasteiger charge is -2.24. The number of methoxy groups -OCH3 is 1. The molecule has 1 aliphatic heterocycles. The Morgan fingerprint density at radius 2 is 1.94 bits per heavy atom. The van der Waals surface area contributed by atoms with Crippen LogP contribution in [0.15, 0.2) is 29.2 Å². The number of ether oxygens (including phenoxy) is 3. The van der Waals surface area contributed by atoms with Crippen molar-refractivity contribution in [3.8, 4) is 22.8 Å². The van der Waals surface area contributed by atoms with Crippen molar-refractivity contribution in [1.29, 1.82) is 0 Å². The first-order valence-electron chi connectivity index (χ1n) is 11.9. The number of fused-ring (bicyclic) bond motifs is 3. The molecule has 1 aliphatic rings. The van der Waals surface area contributed by atoms with E-state index < -0.39 is 11.4 Å². The van der Waals surface area contributed by atoms with Crippen molar-refractivity contribution < 1.29 is 23.8 Å². The van der Waals surface area contributed by atoms with E-state index >= 15 is 0 Å². The van der Waals surface area contributed by atoms with Crippen molar-refractivity contribution in [2.75, 3.05) is 33.4 Å². The van der Waals surface area contributed by atoms with Gasteiger partial charge in [0, 0.05) is 43.4 Å². The van der Waals surface area contributed by atoms with Gasteiger partial charge >= 0.3 is 5.97 Å². The van der Waals surface area contributed by atoms with Gasteiger partial charge in [-0.15, -0.1) is 0 Å². The number of esters is 1. The summed E-state index contributed by atoms with van der Waals surface area (Å²) >= 11 is 6.54. The second-order valence-corrected chi connectivity index (χ2v) is 9.16. The Kier molecular flexibility index (Phi) is 8.83. The van der Waals surface area contributed by atoms with Crippen LogP contribution in [0, 0.1) is 5.92 Å². The Bertz CT molecular complexity index is 1140. The second kappa shape index (κ2) is 11.6. The molecule has 2 aromatic rings. The number of amides is 1. The standard InChI is InChI=1S/C26H33ClN2O6/c1-6-28(7-2)25(31)9-8-10-34-24-13-23-17(11-19(24)27)20-12-22(30)18(26(32)33-5)14-29(20)21(15-35-23)16(3)4/h11-14,16,21H,6-10,15H2,1-5H3/t21-/m0/s1. The first-order valence-corrected chi connectivity index (χ1v) is 12.3. The maximum atomic E-state index is 12.7. The summed E-state index contributed by atoms with van der Waals surface area (Å²) in [6.07, 6.45) is 2.50. The summed E-state index contributed by atoms with van der Waals surface area (Å²) in [7, 11) is 1.25. The number of hydrogen-bond acceptors (Lipinski definition) is 6. The first kappa shape index (κ1) is 26.6. The largest absolute Gasteiger partial charge is 0.492 e. The number of halogens is 1. The van der Waals surface area contributed by atoms with Crippen LogP contribution in [0.25, 0.3) is 11.3 Å². The van der Waals surface area contributed by atoms with E-state index in [9.17, 15) is 14.4 Å². The summed E-state index contributed by atoms with van der Waals surface area (Å²) in [4.78, 5) is 38.8. The van der Waals surface area contributed by atoms with Crippen LogP contribution in [0.1, 0.15) is 56.9 Å². The number of nitrogens with zero attached hydrogens (tertiary/aromatic N) is 2. The molecule has 0 radical (unpaired) electrons. The molecule has 2 heterocycles. The van der Waals surface area contributed by atoms with E-state index in [0.29, 0.717) is 66.9 Å². The predicted molar refractivity (Wildman–Crippen MR) is 135 cm³/mol. The molecule has 8 nitrogen and oxygen atoms in total. The van der Waals surface area contributed by atoms with Gasteiger partial charge in [0.1, 0.15) is 23.7 Å². The van der Waals surface area contributed by atoms with Crippen LogP contribution in [0.2, 0.25) is 5.02 Å². The number of hydrogen-bond donors (Lipinski definition) is 0. The fourth-order valence-corrected chi connectivity index (χ4v) is 4.40. The van der Waals surface area contributed by atoms with E-state index in [-0.39, 0.29) is 23.4 Å². The van der Waals surface area contributed by atoms with Crippen molar-refractivity contribution in [3.63, 3.8) is 0 Å². The zero-order valence-corrected chi connectivity index (χ0v) is 21.7. The average Bonchev–Trinajstić information content (AvgIpc) is 2.98. The third kappa shape index (κ3) is 5.81. The second-order valence-electron chi connectivity index (χ2n) is 8.75. The summed E-state index contributed by atoms with van der Waals surface area (Å²) < 4.78 is 18.7. The van der Waals surface area contributed by atoms with Gasteiger partial charge in [0.05, 0.1) is 30.5 Å². The lowest BCUT2D eigenvalue weighted by molar-refractivity contribution is -0.131. The summed E-state index contributed by atoms with van der Waals surface area (Å²) in [5.74, 6) is 0.558. The highest BCUT2D eigenvalue weighted by molar-refractivity contribution is 6.32.